The van der Waals surface area contributed by atoms with Crippen LogP contribution < -0.4 is 5.32 Å². The monoisotopic (exact) mass is 803 g/mol. The first kappa shape index (κ1) is 41.2. The van der Waals surface area contributed by atoms with Crippen molar-refractivity contribution in [3.63, 3.8) is 0 Å². The van der Waals surface area contributed by atoms with E-state index in [1.165, 1.54) is 0 Å². The Morgan fingerprint density at radius 3 is 2.41 bits per heavy atom. The van der Waals surface area contributed by atoms with Gasteiger partial charge in [-0.25, -0.2) is 9.67 Å². The average molecular weight is 804 g/mol. The van der Waals surface area contributed by atoms with Gasteiger partial charge in [-0.15, -0.1) is 16.4 Å². The zero-order valence-corrected chi connectivity index (χ0v) is 37.3. The Hall–Kier alpha value is -2.97. The van der Waals surface area contributed by atoms with Gasteiger partial charge < -0.3 is 24.6 Å². The standard InChI is InChI=1S/C43H65N7O4SSi/c1-29-35(55-28-45-29)31-14-12-30(13-15-31)19-44-37(52)33-18-32(54-56(9,10)40(5,6)7)20-49(33)38(53)36(39(2,3)4)50-21-34(46-47-50)43-22-42(23-43,24-43)26-48-17-11-16-41(8,25-48)27-51/h12-15,21,28,32-33,36,51H,11,16-20,22-27H2,1-10H3,(H,44,52)/t32-,33+,36-,41?,42?,43?/m1/s1. The molecule has 3 aliphatic carbocycles. The lowest BCUT2D eigenvalue weighted by Crippen LogP contribution is -2.68. The molecule has 1 aromatic carbocycles. The number of thiazole rings is 1. The fourth-order valence-corrected chi connectivity index (χ4v) is 12.1. The first-order chi connectivity index (χ1) is 26.2. The summed E-state index contributed by atoms with van der Waals surface area (Å²) in [7, 11) is -2.19. The Balaban J connectivity index is 1.06. The van der Waals surface area contributed by atoms with Gasteiger partial charge in [-0.3, -0.25) is 9.59 Å². The van der Waals surface area contributed by atoms with Gasteiger partial charge in [0, 0.05) is 56.2 Å². The third kappa shape index (κ3) is 7.91. The van der Waals surface area contributed by atoms with Crippen LogP contribution in [0.15, 0.2) is 36.0 Å². The molecule has 2 bridgehead atoms. The van der Waals surface area contributed by atoms with Crippen LogP contribution in [0.5, 0.6) is 0 Å². The Kier molecular flexibility index (Phi) is 10.8. The molecule has 2 N–H and O–H groups in total. The maximum absolute atomic E-state index is 15.0. The topological polar surface area (TPSA) is 126 Å². The van der Waals surface area contributed by atoms with Crippen LogP contribution in [0.1, 0.15) is 110 Å². The van der Waals surface area contributed by atoms with Crippen molar-refractivity contribution in [2.24, 2.45) is 16.2 Å². The number of aromatic nitrogens is 4. The van der Waals surface area contributed by atoms with Crippen LogP contribution in [0.2, 0.25) is 18.1 Å². The van der Waals surface area contributed by atoms with E-state index >= 15 is 0 Å². The van der Waals surface area contributed by atoms with Crippen LogP contribution in [0, 0.1) is 23.2 Å². The third-order valence-electron chi connectivity index (χ3n) is 13.9. The number of likely N-dealkylation sites (tertiary alicyclic amines) is 2. The number of hydrogen-bond acceptors (Lipinski definition) is 9. The van der Waals surface area contributed by atoms with Crippen LogP contribution in [-0.2, 0) is 26.0 Å². The second-order valence-electron chi connectivity index (χ2n) is 20.9. The van der Waals surface area contributed by atoms with E-state index in [0.29, 0.717) is 24.9 Å². The van der Waals surface area contributed by atoms with Crippen molar-refractivity contribution in [2.45, 2.75) is 142 Å². The van der Waals surface area contributed by atoms with Crippen molar-refractivity contribution in [3.05, 3.63) is 52.9 Å². The highest BCUT2D eigenvalue weighted by molar-refractivity contribution is 7.13. The number of nitrogens with one attached hydrogen (secondary N) is 1. The summed E-state index contributed by atoms with van der Waals surface area (Å²) in [5.74, 6) is -0.285. The lowest BCUT2D eigenvalue weighted by Gasteiger charge is -2.71. The Morgan fingerprint density at radius 1 is 1.11 bits per heavy atom. The van der Waals surface area contributed by atoms with Crippen molar-refractivity contribution in [1.82, 2.24) is 35.1 Å². The molecule has 56 heavy (non-hydrogen) atoms. The number of benzene rings is 1. The Morgan fingerprint density at radius 2 is 1.80 bits per heavy atom. The number of aryl methyl sites for hydroxylation is 1. The number of amides is 2. The highest BCUT2D eigenvalue weighted by Crippen LogP contribution is 2.73. The first-order valence-electron chi connectivity index (χ1n) is 20.7. The molecule has 2 aliphatic heterocycles. The maximum Gasteiger partial charge on any atom is 0.248 e. The third-order valence-corrected chi connectivity index (χ3v) is 19.4. The molecule has 4 atom stereocenters. The second kappa shape index (κ2) is 14.7. The fourth-order valence-electron chi connectivity index (χ4n) is 9.91. The molecule has 1 unspecified atom stereocenters. The van der Waals surface area contributed by atoms with Gasteiger partial charge in [0.25, 0.3) is 0 Å². The van der Waals surface area contributed by atoms with E-state index in [4.69, 9.17) is 9.52 Å². The predicted octanol–water partition coefficient (Wildman–Crippen LogP) is 7.12. The van der Waals surface area contributed by atoms with Crippen LogP contribution in [0.25, 0.3) is 10.4 Å². The van der Waals surface area contributed by atoms with Gasteiger partial charge in [0.15, 0.2) is 8.32 Å². The minimum absolute atomic E-state index is 0.00321. The average Bonchev–Trinajstić information content (AvgIpc) is 3.84. The van der Waals surface area contributed by atoms with Crippen molar-refractivity contribution in [3.8, 4) is 10.4 Å². The number of aliphatic hydroxyl groups is 1. The molecular formula is C43H65N7O4SSi. The second-order valence-corrected chi connectivity index (χ2v) is 26.5. The van der Waals surface area contributed by atoms with E-state index in [-0.39, 0.29) is 40.4 Å². The van der Waals surface area contributed by atoms with Crippen molar-refractivity contribution in [1.29, 1.82) is 0 Å². The molecule has 11 nitrogen and oxygen atoms in total. The zero-order valence-electron chi connectivity index (χ0n) is 35.4. The molecule has 2 saturated heterocycles. The molecule has 8 rings (SSSR count). The van der Waals surface area contributed by atoms with Crippen LogP contribution in [0.4, 0.5) is 0 Å². The Bertz CT molecular complexity index is 1890. The molecule has 3 saturated carbocycles. The van der Waals surface area contributed by atoms with Crippen molar-refractivity contribution < 1.29 is 19.1 Å². The van der Waals surface area contributed by atoms with E-state index in [0.717, 1.165) is 79.1 Å². The Labute approximate surface area is 339 Å². The normalized spacial score (nSPS) is 28.8. The molecule has 3 aromatic rings. The van der Waals surface area contributed by atoms with Crippen LogP contribution >= 0.6 is 11.3 Å². The summed E-state index contributed by atoms with van der Waals surface area (Å²) in [5.41, 5.74) is 5.79. The lowest BCUT2D eigenvalue weighted by molar-refractivity contribution is -0.164. The van der Waals surface area contributed by atoms with Crippen molar-refractivity contribution in [2.75, 3.05) is 32.8 Å². The minimum atomic E-state index is -2.19. The molecule has 2 amide bonds. The highest BCUT2D eigenvalue weighted by Gasteiger charge is 2.69. The fraction of sp³-hybridized carbons (Fsp3) is 0.698. The summed E-state index contributed by atoms with van der Waals surface area (Å²) in [5, 5.41) is 22.5. The van der Waals surface area contributed by atoms with Gasteiger partial charge >= 0.3 is 0 Å². The number of carbonyl (C=O) groups is 2. The van der Waals surface area contributed by atoms with Gasteiger partial charge in [-0.2, -0.15) is 0 Å². The first-order valence-corrected chi connectivity index (χ1v) is 24.5. The summed E-state index contributed by atoms with van der Waals surface area (Å²) >= 11 is 1.62. The molecule has 4 heterocycles. The van der Waals surface area contributed by atoms with E-state index in [9.17, 15) is 14.7 Å². The van der Waals surface area contributed by atoms with E-state index < -0.39 is 25.8 Å². The smallest absolute Gasteiger partial charge is 0.248 e. The molecule has 306 valence electrons. The molecular weight excluding hydrogens is 739 g/mol. The van der Waals surface area contributed by atoms with Gasteiger partial charge in [0.05, 0.1) is 27.9 Å². The predicted molar refractivity (Wildman–Crippen MR) is 224 cm³/mol. The molecule has 5 aliphatic rings. The van der Waals surface area contributed by atoms with E-state index in [1.54, 1.807) is 20.9 Å². The van der Waals surface area contributed by atoms with Crippen molar-refractivity contribution >= 4 is 31.5 Å². The number of piperidine rings is 1. The van der Waals surface area contributed by atoms with Crippen LogP contribution in [0.3, 0.4) is 0 Å². The zero-order chi connectivity index (χ0) is 40.5. The van der Waals surface area contributed by atoms with Gasteiger partial charge in [0.2, 0.25) is 11.8 Å². The number of hydrogen-bond donors (Lipinski definition) is 2. The van der Waals surface area contributed by atoms with Gasteiger partial charge in [0.1, 0.15) is 12.1 Å². The SMILES string of the molecule is Cc1ncsc1-c1ccc(CNC(=O)[C@@H]2C[C@@H](O[Si](C)(C)C(C)(C)C)CN2C(=O)[C@@H](n2cc(C34CC(CN5CCCC(C)(CO)C5)(C3)C4)nn2)C(C)(C)C)cc1. The lowest BCUT2D eigenvalue weighted by atomic mass is 9.34. The molecule has 5 fully saturated rings. The number of carbonyl (C=O) groups excluding carboxylic acids is 2. The summed E-state index contributed by atoms with van der Waals surface area (Å²) in [6, 6.07) is 6.93. The van der Waals surface area contributed by atoms with E-state index in [2.05, 4.69) is 94.1 Å². The minimum Gasteiger partial charge on any atom is -0.412 e. The highest BCUT2D eigenvalue weighted by atomic mass is 32.1. The quantitative estimate of drug-likeness (QED) is 0.186. The van der Waals surface area contributed by atoms with E-state index in [1.807, 2.05) is 30.8 Å². The summed E-state index contributed by atoms with van der Waals surface area (Å²) in [6.07, 6.45) is 7.73. The summed E-state index contributed by atoms with van der Waals surface area (Å²) in [6.45, 7) is 25.6. The molecule has 13 heteroatoms. The van der Waals surface area contributed by atoms with Crippen LogP contribution in [-0.4, -0.2) is 99.9 Å². The summed E-state index contributed by atoms with van der Waals surface area (Å²) in [4.78, 5) is 39.0. The maximum atomic E-state index is 15.0. The largest absolute Gasteiger partial charge is 0.412 e. The summed E-state index contributed by atoms with van der Waals surface area (Å²) < 4.78 is 8.67. The number of rotatable bonds is 12. The number of aliphatic hydroxyl groups excluding tert-OH is 1. The molecule has 0 radical (unpaired) electrons. The molecule has 2 aromatic heterocycles. The van der Waals surface area contributed by atoms with Gasteiger partial charge in [-0.05, 0) is 85.7 Å². The molecule has 0 spiro atoms. The van der Waals surface area contributed by atoms with Gasteiger partial charge in [-0.1, -0.05) is 77.9 Å². The number of nitrogens with zero attached hydrogens (tertiary/aromatic N) is 6.